The molecule has 22 heavy (non-hydrogen) atoms. The molecule has 1 unspecified atom stereocenters. The van der Waals surface area contributed by atoms with Crippen LogP contribution in [0.4, 0.5) is 0 Å². The van der Waals surface area contributed by atoms with E-state index in [4.69, 9.17) is 10.5 Å². The number of benzene rings is 1. The van der Waals surface area contributed by atoms with Crippen LogP contribution in [0.25, 0.3) is 10.9 Å². The molecule has 0 saturated carbocycles. The van der Waals surface area contributed by atoms with E-state index in [-0.39, 0.29) is 5.92 Å². The van der Waals surface area contributed by atoms with Gasteiger partial charge in [-0.3, -0.25) is 0 Å². The summed E-state index contributed by atoms with van der Waals surface area (Å²) in [5, 5.41) is 19.1. The molecule has 0 bridgehead atoms. The number of allylic oxidation sites excluding steroid dienone is 3. The third-order valence-electron chi connectivity index (χ3n) is 3.59. The van der Waals surface area contributed by atoms with E-state index >= 15 is 0 Å². The molecule has 0 aliphatic carbocycles. The number of nitrogens with zero attached hydrogens (tertiary/aromatic N) is 2. The first kappa shape index (κ1) is 18.2. The van der Waals surface area contributed by atoms with Gasteiger partial charge in [0.05, 0.1) is 12.1 Å². The topological polar surface area (TPSA) is 47.6 Å². The van der Waals surface area contributed by atoms with Gasteiger partial charge < -0.3 is 0 Å². The van der Waals surface area contributed by atoms with Gasteiger partial charge in [-0.25, -0.2) is 0 Å². The standard InChI is InChI=1S/C19H23N2P/c1-13(2)15-10-16(18(6-8-20)14(3)4)12-17(11-15)19(22-5)7-9-21/h6-7,10-14,22H,1-5H3/b18-6+,19-7-. The van der Waals surface area contributed by atoms with Crippen LogP contribution >= 0.6 is 8.58 Å². The van der Waals surface area contributed by atoms with Crippen LogP contribution in [0.1, 0.15) is 50.3 Å². The third-order valence-corrected chi connectivity index (χ3v) is 4.56. The molecule has 0 spiro atoms. The van der Waals surface area contributed by atoms with Crippen molar-refractivity contribution in [3.8, 4) is 12.1 Å². The Bertz CT molecular complexity index is 668. The van der Waals surface area contributed by atoms with Crippen LogP contribution in [-0.2, 0) is 0 Å². The Morgan fingerprint density at radius 2 is 1.59 bits per heavy atom. The summed E-state index contributed by atoms with van der Waals surface area (Å²) in [5.74, 6) is 0.681. The van der Waals surface area contributed by atoms with Gasteiger partial charge in [-0.05, 0) is 52.1 Å². The summed E-state index contributed by atoms with van der Waals surface area (Å²) in [6.45, 7) is 10.6. The zero-order valence-electron chi connectivity index (χ0n) is 13.9. The van der Waals surface area contributed by atoms with Gasteiger partial charge >= 0.3 is 0 Å². The van der Waals surface area contributed by atoms with Gasteiger partial charge in [-0.2, -0.15) is 10.5 Å². The lowest BCUT2D eigenvalue weighted by Gasteiger charge is -2.17. The molecule has 0 fully saturated rings. The summed E-state index contributed by atoms with van der Waals surface area (Å²) in [6, 6.07) is 10.7. The van der Waals surface area contributed by atoms with Crippen LogP contribution in [0.5, 0.6) is 0 Å². The van der Waals surface area contributed by atoms with Crippen LogP contribution in [0, 0.1) is 28.6 Å². The van der Waals surface area contributed by atoms with Gasteiger partial charge in [0.15, 0.2) is 0 Å². The van der Waals surface area contributed by atoms with Crippen LogP contribution < -0.4 is 0 Å². The highest BCUT2D eigenvalue weighted by molar-refractivity contribution is 7.49. The third kappa shape index (κ3) is 4.56. The molecule has 0 N–H and O–H groups in total. The molecule has 0 saturated heterocycles. The minimum Gasteiger partial charge on any atom is -0.193 e. The molecule has 114 valence electrons. The van der Waals surface area contributed by atoms with E-state index in [0.29, 0.717) is 14.5 Å². The van der Waals surface area contributed by atoms with Crippen molar-refractivity contribution < 1.29 is 0 Å². The first-order valence-corrected chi connectivity index (χ1v) is 8.97. The predicted molar refractivity (Wildman–Crippen MR) is 96.8 cm³/mol. The smallest absolute Gasteiger partial charge is 0.0918 e. The minimum atomic E-state index is 0.280. The van der Waals surface area contributed by atoms with Gasteiger partial charge in [-0.1, -0.05) is 48.4 Å². The lowest BCUT2D eigenvalue weighted by molar-refractivity contribution is 0.847. The SMILES string of the molecule is CP/C(=C\C#N)c1cc(/C(=C/C#N)C(C)C)cc(C(C)C)c1. The highest BCUT2D eigenvalue weighted by atomic mass is 31.1. The molecule has 0 heterocycles. The quantitative estimate of drug-likeness (QED) is 0.529. The Labute approximate surface area is 135 Å². The second-order valence-corrected chi connectivity index (χ2v) is 6.86. The summed E-state index contributed by atoms with van der Waals surface area (Å²) < 4.78 is 0. The molecule has 0 aromatic heterocycles. The molecule has 3 heteroatoms. The number of hydrogen-bond acceptors (Lipinski definition) is 2. The second kappa shape index (κ2) is 8.53. The van der Waals surface area contributed by atoms with E-state index in [1.165, 1.54) is 5.56 Å². The Morgan fingerprint density at radius 1 is 1.00 bits per heavy atom. The average Bonchev–Trinajstić information content (AvgIpc) is 2.49. The van der Waals surface area contributed by atoms with Gasteiger partial charge in [0.25, 0.3) is 0 Å². The van der Waals surface area contributed by atoms with E-state index in [2.05, 4.69) is 64.7 Å². The van der Waals surface area contributed by atoms with Crippen LogP contribution in [0.3, 0.4) is 0 Å². The van der Waals surface area contributed by atoms with Crippen LogP contribution in [0.2, 0.25) is 0 Å². The van der Waals surface area contributed by atoms with Crippen molar-refractivity contribution in [3.05, 3.63) is 47.0 Å². The highest BCUT2D eigenvalue weighted by Crippen LogP contribution is 2.35. The fourth-order valence-corrected chi connectivity index (χ4v) is 2.97. The normalized spacial score (nSPS) is 13.0. The highest BCUT2D eigenvalue weighted by Gasteiger charge is 2.12. The summed E-state index contributed by atoms with van der Waals surface area (Å²) >= 11 is 0. The minimum absolute atomic E-state index is 0.280. The number of rotatable bonds is 5. The molecule has 0 amide bonds. The van der Waals surface area contributed by atoms with E-state index in [1.54, 1.807) is 12.2 Å². The van der Waals surface area contributed by atoms with Gasteiger partial charge in [-0.15, -0.1) is 0 Å². The zero-order valence-corrected chi connectivity index (χ0v) is 14.9. The predicted octanol–water partition coefficient (Wildman–Crippen LogP) is 5.55. The van der Waals surface area contributed by atoms with E-state index in [1.807, 2.05) is 0 Å². The second-order valence-electron chi connectivity index (χ2n) is 5.82. The maximum Gasteiger partial charge on any atom is 0.0918 e. The zero-order chi connectivity index (χ0) is 16.7. The van der Waals surface area contributed by atoms with Crippen LogP contribution in [-0.4, -0.2) is 6.66 Å². The molecule has 1 aromatic carbocycles. The van der Waals surface area contributed by atoms with Crippen LogP contribution in [0.15, 0.2) is 30.4 Å². The maximum absolute atomic E-state index is 9.05. The van der Waals surface area contributed by atoms with Crippen molar-refractivity contribution in [2.45, 2.75) is 33.6 Å². The van der Waals surface area contributed by atoms with Crippen molar-refractivity contribution in [2.75, 3.05) is 6.66 Å². The Morgan fingerprint density at radius 3 is 2.05 bits per heavy atom. The van der Waals surface area contributed by atoms with Gasteiger partial charge in [0.1, 0.15) is 0 Å². The summed E-state index contributed by atoms with van der Waals surface area (Å²) in [4.78, 5) is 0. The molecule has 1 aromatic rings. The van der Waals surface area contributed by atoms with Crippen molar-refractivity contribution >= 4 is 19.5 Å². The van der Waals surface area contributed by atoms with Crippen molar-refractivity contribution in [1.82, 2.24) is 0 Å². The Kier molecular flexibility index (Phi) is 7.04. The Hall–Kier alpha value is -1.89. The van der Waals surface area contributed by atoms with E-state index in [9.17, 15) is 0 Å². The summed E-state index contributed by atoms with van der Waals surface area (Å²) in [6.07, 6.45) is 3.26. The van der Waals surface area contributed by atoms with Gasteiger partial charge in [0, 0.05) is 12.2 Å². The first-order valence-electron chi connectivity index (χ1n) is 7.47. The fraction of sp³-hybridized carbons (Fsp3) is 0.368. The first-order chi connectivity index (χ1) is 10.4. The maximum atomic E-state index is 9.05. The summed E-state index contributed by atoms with van der Waals surface area (Å²) in [5.41, 5.74) is 4.45. The molecule has 0 aliphatic rings. The fourth-order valence-electron chi connectivity index (χ4n) is 2.32. The monoisotopic (exact) mass is 310 g/mol. The Balaban J connectivity index is 3.58. The summed E-state index contributed by atoms with van der Waals surface area (Å²) in [7, 11) is 0.563. The molecule has 1 rings (SSSR count). The number of hydrogen-bond donors (Lipinski definition) is 0. The largest absolute Gasteiger partial charge is 0.193 e. The van der Waals surface area contributed by atoms with Gasteiger partial charge in [0.2, 0.25) is 0 Å². The van der Waals surface area contributed by atoms with Crippen molar-refractivity contribution in [2.24, 2.45) is 5.92 Å². The lowest BCUT2D eigenvalue weighted by Crippen LogP contribution is -1.98. The van der Waals surface area contributed by atoms with Crippen molar-refractivity contribution in [3.63, 3.8) is 0 Å². The molecule has 0 radical (unpaired) electrons. The van der Waals surface area contributed by atoms with Crippen molar-refractivity contribution in [1.29, 1.82) is 10.5 Å². The van der Waals surface area contributed by atoms with E-state index < -0.39 is 0 Å². The molecular formula is C19H23N2P. The lowest BCUT2D eigenvalue weighted by atomic mass is 9.89. The molecule has 0 aliphatic heterocycles. The molecule has 2 nitrogen and oxygen atoms in total. The average molecular weight is 310 g/mol. The number of nitriles is 2. The molecular weight excluding hydrogens is 287 g/mol. The molecule has 1 atom stereocenters. The van der Waals surface area contributed by atoms with E-state index in [0.717, 1.165) is 22.0 Å².